The fourth-order valence-electron chi connectivity index (χ4n) is 19.1. The lowest BCUT2D eigenvalue weighted by Crippen LogP contribution is -2.75. The van der Waals surface area contributed by atoms with E-state index in [1.54, 1.807) is 37.1 Å². The first-order valence-electron chi connectivity index (χ1n) is 21.6. The van der Waals surface area contributed by atoms with Gasteiger partial charge >= 0.3 is 0 Å². The van der Waals surface area contributed by atoms with Gasteiger partial charge in [0.25, 0.3) is 0 Å². The molecule has 0 amide bonds. The molecule has 6 rings (SSSR count). The summed E-state index contributed by atoms with van der Waals surface area (Å²) in [5.74, 6) is 0. The standard InChI is InChI=1S/C40H86N2Si10/c1-43(2,3)37(44(4,5)6)29-30-38(45(7,8)9,46(10,11)12)51(37)35-36-42(34-28-26-25-27-33(34)41(35)51)52(36)39(47(13,14)15,48(16,17)18)31-32-40(52,49(19,20)21)50(22,23)24/h25-28,35-36H,29-32H2,1-24H3/t35-,36-,41?,42?/m1/s1. The summed E-state index contributed by atoms with van der Waals surface area (Å²) in [7, 11) is -17.6. The number of anilines is 2. The first kappa shape index (κ1) is 42.6. The molecular weight excluding hydrogens is 789 g/mol. The minimum atomic E-state index is -2.18. The van der Waals surface area contributed by atoms with Gasteiger partial charge in [0.1, 0.15) is 0 Å². The van der Waals surface area contributed by atoms with Crippen LogP contribution >= 0.6 is 0 Å². The number of fused-ring (bicyclic) bond motifs is 10. The monoisotopic (exact) mass is 874 g/mol. The highest BCUT2D eigenvalue weighted by Gasteiger charge is 3.02. The summed E-state index contributed by atoms with van der Waals surface area (Å²) in [6, 6.07) is 10.4. The molecule has 5 aliphatic heterocycles. The van der Waals surface area contributed by atoms with E-state index >= 15 is 0 Å². The van der Waals surface area contributed by atoms with Crippen LogP contribution < -0.4 is 9.13 Å². The molecule has 2 atom stereocenters. The number of nitrogens with zero attached hydrogens (tertiary/aromatic N) is 2. The first-order chi connectivity index (χ1) is 22.9. The quantitative estimate of drug-likeness (QED) is 0.190. The predicted molar refractivity (Wildman–Crippen MR) is 266 cm³/mol. The van der Waals surface area contributed by atoms with Crippen molar-refractivity contribution in [1.82, 2.24) is 0 Å². The fourth-order valence-corrected chi connectivity index (χ4v) is 127. The number of hydrogen-bond acceptors (Lipinski definition) is 2. The highest BCUT2D eigenvalue weighted by molar-refractivity contribution is 7.37. The SMILES string of the molecule is C[Si](C)(C)C1([Si](C)(C)C)CCC([Si](C)(C)C)([Si](C)(C)C)[Si]12[C@@H]1[C@@H]3N(c4ccccc4N12)[Si]31C([Si](C)(C)C)([Si](C)(C)C)CCC1([Si](C)(C)C)[Si](C)(C)C. The second-order valence-electron chi connectivity index (χ2n) is 27.3. The van der Waals surface area contributed by atoms with E-state index in [-0.39, 0.29) is 0 Å². The van der Waals surface area contributed by atoms with E-state index in [1.165, 1.54) is 0 Å². The minimum absolute atomic E-state index is 0.625. The van der Waals surface area contributed by atoms with Crippen molar-refractivity contribution in [2.24, 2.45) is 0 Å². The molecule has 0 saturated carbocycles. The van der Waals surface area contributed by atoms with Crippen LogP contribution in [0.4, 0.5) is 11.4 Å². The van der Waals surface area contributed by atoms with Crippen LogP contribution in [0.2, 0.25) is 174 Å². The summed E-state index contributed by atoms with van der Waals surface area (Å²) in [5, 5.41) is 0. The molecule has 0 radical (unpaired) electrons. The van der Waals surface area contributed by atoms with Crippen LogP contribution in [0, 0.1) is 0 Å². The van der Waals surface area contributed by atoms with Gasteiger partial charge in [0.2, 0.25) is 0 Å². The van der Waals surface area contributed by atoms with Crippen LogP contribution in [0.15, 0.2) is 24.3 Å². The molecule has 5 aliphatic rings. The molecule has 4 saturated heterocycles. The molecule has 0 aromatic heterocycles. The Morgan fingerprint density at radius 2 is 0.538 bits per heavy atom. The van der Waals surface area contributed by atoms with E-state index in [0.717, 1.165) is 11.3 Å². The average Bonchev–Trinajstić information content (AvgIpc) is 3.60. The Kier molecular flexibility index (Phi) is 8.99. The molecule has 4 fully saturated rings. The van der Waals surface area contributed by atoms with E-state index in [9.17, 15) is 0 Å². The molecule has 52 heavy (non-hydrogen) atoms. The Bertz CT molecular complexity index is 1370. The highest BCUT2D eigenvalue weighted by atomic mass is 28.5. The second-order valence-corrected chi connectivity index (χ2v) is 84.7. The van der Waals surface area contributed by atoms with E-state index in [4.69, 9.17) is 0 Å². The summed E-state index contributed by atoms with van der Waals surface area (Å²) >= 11 is 0. The molecular formula is C40H86N2Si10. The van der Waals surface area contributed by atoms with E-state index in [2.05, 4.69) is 191 Å². The Balaban J connectivity index is 1.90. The molecule has 0 unspecified atom stereocenters. The van der Waals surface area contributed by atoms with Crippen molar-refractivity contribution >= 4 is 92.4 Å². The number of para-hydroxylation sites is 2. The largest absolute Gasteiger partial charge is 0.390 e. The molecule has 296 valence electrons. The number of rotatable bonds is 8. The van der Waals surface area contributed by atoms with Gasteiger partial charge in [0.05, 0.1) is 22.7 Å². The zero-order chi connectivity index (χ0) is 40.1. The van der Waals surface area contributed by atoms with Crippen LogP contribution in [0.25, 0.3) is 0 Å². The molecule has 0 N–H and O–H groups in total. The zero-order valence-electron chi connectivity index (χ0n) is 39.2. The summed E-state index contributed by atoms with van der Waals surface area (Å²) in [5.41, 5.74) is 5.28. The summed E-state index contributed by atoms with van der Waals surface area (Å²) in [6.45, 7) is 70.0. The van der Waals surface area contributed by atoms with Gasteiger partial charge in [0, 0.05) is 64.6 Å². The van der Waals surface area contributed by atoms with Gasteiger partial charge in [-0.1, -0.05) is 195 Å². The maximum Gasteiger partial charge on any atom is 0.181 e. The first-order valence-corrected chi connectivity index (χ1v) is 53.6. The van der Waals surface area contributed by atoms with Gasteiger partial charge in [-0.2, -0.15) is 0 Å². The van der Waals surface area contributed by atoms with Gasteiger partial charge in [-0.25, -0.2) is 0 Å². The van der Waals surface area contributed by atoms with Crippen LogP contribution in [-0.2, 0) is 0 Å². The Morgan fingerprint density at radius 3 is 0.692 bits per heavy atom. The van der Waals surface area contributed by atoms with E-state index in [0.29, 0.717) is 17.1 Å². The van der Waals surface area contributed by atoms with Crippen molar-refractivity contribution in [2.45, 2.75) is 211 Å². The highest BCUT2D eigenvalue weighted by Crippen LogP contribution is 2.91. The van der Waals surface area contributed by atoms with Gasteiger partial charge in [-0.05, 0) is 29.3 Å². The molecule has 0 aliphatic carbocycles. The summed E-state index contributed by atoms with van der Waals surface area (Å²) < 4.78 is 9.62. The number of hydrogen-bond donors (Lipinski definition) is 0. The van der Waals surface area contributed by atoms with Crippen molar-refractivity contribution < 1.29 is 0 Å². The second kappa shape index (κ2) is 11.0. The Labute approximate surface area is 334 Å². The fraction of sp³-hybridized carbons (Fsp3) is 0.850. The third-order valence-electron chi connectivity index (χ3n) is 18.3. The molecule has 5 heterocycles. The van der Waals surface area contributed by atoms with Crippen LogP contribution in [-0.4, -0.2) is 92.4 Å². The van der Waals surface area contributed by atoms with Crippen LogP contribution in [0.3, 0.4) is 0 Å². The van der Waals surface area contributed by atoms with Crippen molar-refractivity contribution in [3.63, 3.8) is 0 Å². The lowest BCUT2D eigenvalue weighted by molar-refractivity contribution is 0.763. The van der Waals surface area contributed by atoms with Crippen LogP contribution in [0.1, 0.15) is 25.7 Å². The number of benzene rings is 1. The van der Waals surface area contributed by atoms with E-state index in [1.807, 2.05) is 0 Å². The lowest BCUT2D eigenvalue weighted by atomic mass is 10.2. The maximum atomic E-state index is 3.56. The molecule has 2 nitrogen and oxygen atoms in total. The lowest BCUT2D eigenvalue weighted by Gasteiger charge is -2.62. The van der Waals surface area contributed by atoms with Crippen molar-refractivity contribution in [1.29, 1.82) is 0 Å². The predicted octanol–water partition coefficient (Wildman–Crippen LogP) is 13.6. The summed E-state index contributed by atoms with van der Waals surface area (Å²) in [6.07, 6.45) is 6.32. The maximum absolute atomic E-state index is 3.56. The molecule has 0 bridgehead atoms. The molecule has 12 heteroatoms. The molecule has 1 aromatic carbocycles. The van der Waals surface area contributed by atoms with E-state index < -0.39 is 81.1 Å². The zero-order valence-corrected chi connectivity index (χ0v) is 49.2. The van der Waals surface area contributed by atoms with Crippen molar-refractivity contribution in [2.75, 3.05) is 9.13 Å². The summed E-state index contributed by atoms with van der Waals surface area (Å²) in [4.78, 5) is 0. The Hall–Kier alpha value is 0.989. The molecule has 2 spiro atoms. The van der Waals surface area contributed by atoms with Crippen LogP contribution in [0.5, 0.6) is 0 Å². The third kappa shape index (κ3) is 4.21. The van der Waals surface area contributed by atoms with Gasteiger partial charge in [0.15, 0.2) is 16.5 Å². The van der Waals surface area contributed by atoms with Crippen molar-refractivity contribution in [3.8, 4) is 0 Å². The average molecular weight is 876 g/mol. The topological polar surface area (TPSA) is 6.02 Å². The minimum Gasteiger partial charge on any atom is -0.390 e. The van der Waals surface area contributed by atoms with Gasteiger partial charge in [-0.15, -0.1) is 0 Å². The van der Waals surface area contributed by atoms with Crippen molar-refractivity contribution in [3.05, 3.63) is 24.3 Å². The van der Waals surface area contributed by atoms with Gasteiger partial charge in [-0.3, -0.25) is 0 Å². The normalized spacial score (nSPS) is 28.5. The Morgan fingerprint density at radius 1 is 0.365 bits per heavy atom. The van der Waals surface area contributed by atoms with Gasteiger partial charge < -0.3 is 9.13 Å². The smallest absolute Gasteiger partial charge is 0.181 e. The molecule has 1 aromatic rings. The third-order valence-corrected chi connectivity index (χ3v) is 97.4.